The molecule has 0 bridgehead atoms. The molecule has 2 atom stereocenters. The monoisotopic (exact) mass is 360 g/mol. The van der Waals surface area contributed by atoms with E-state index in [2.05, 4.69) is 12.1 Å². The Kier molecular flexibility index (Phi) is 5.16. The first-order chi connectivity index (χ1) is 11.8. The van der Waals surface area contributed by atoms with Crippen molar-refractivity contribution in [1.82, 2.24) is 4.90 Å². The SMILES string of the molecule is Cl.NC[C@@H]1CN(C(=O)c2cccc3c2OCO3)C[C@H]1c1ccccc1. The van der Waals surface area contributed by atoms with Gasteiger partial charge in [0.15, 0.2) is 11.5 Å². The van der Waals surface area contributed by atoms with E-state index in [-0.39, 0.29) is 36.9 Å². The maximum atomic E-state index is 13.0. The Balaban J connectivity index is 0.00000182. The molecule has 0 aromatic heterocycles. The Morgan fingerprint density at radius 2 is 1.88 bits per heavy atom. The lowest BCUT2D eigenvalue weighted by Crippen LogP contribution is -2.30. The Labute approximate surface area is 153 Å². The van der Waals surface area contributed by atoms with Crippen LogP contribution in [0.2, 0.25) is 0 Å². The summed E-state index contributed by atoms with van der Waals surface area (Å²) in [7, 11) is 0. The molecule has 5 nitrogen and oxygen atoms in total. The highest BCUT2D eigenvalue weighted by Crippen LogP contribution is 2.38. The Bertz CT molecular complexity index is 754. The van der Waals surface area contributed by atoms with E-state index in [0.29, 0.717) is 36.7 Å². The first-order valence-corrected chi connectivity index (χ1v) is 8.21. The predicted octanol–water partition coefficient (Wildman–Crippen LogP) is 2.65. The number of likely N-dealkylation sites (tertiary alicyclic amines) is 1. The Morgan fingerprint density at radius 3 is 2.64 bits per heavy atom. The van der Waals surface area contributed by atoms with Gasteiger partial charge in [-0.1, -0.05) is 36.4 Å². The number of halogens is 1. The molecule has 25 heavy (non-hydrogen) atoms. The van der Waals surface area contributed by atoms with Gasteiger partial charge in [0.05, 0.1) is 5.56 Å². The number of hydrogen-bond acceptors (Lipinski definition) is 4. The van der Waals surface area contributed by atoms with Gasteiger partial charge in [0.2, 0.25) is 6.79 Å². The third-order valence-electron chi connectivity index (χ3n) is 4.89. The second-order valence-electron chi connectivity index (χ2n) is 6.26. The summed E-state index contributed by atoms with van der Waals surface area (Å²) in [5, 5.41) is 0. The number of fused-ring (bicyclic) bond motifs is 1. The highest BCUT2D eigenvalue weighted by Gasteiger charge is 2.37. The number of carbonyl (C=O) groups excluding carboxylic acids is 1. The summed E-state index contributed by atoms with van der Waals surface area (Å²) >= 11 is 0. The van der Waals surface area contributed by atoms with Crippen LogP contribution in [0.15, 0.2) is 48.5 Å². The zero-order valence-electron chi connectivity index (χ0n) is 13.8. The third kappa shape index (κ3) is 3.17. The van der Waals surface area contributed by atoms with E-state index in [4.69, 9.17) is 15.2 Å². The molecule has 0 radical (unpaired) electrons. The molecule has 0 unspecified atom stereocenters. The largest absolute Gasteiger partial charge is 0.454 e. The summed E-state index contributed by atoms with van der Waals surface area (Å²) in [4.78, 5) is 14.9. The summed E-state index contributed by atoms with van der Waals surface area (Å²) in [6.07, 6.45) is 0. The van der Waals surface area contributed by atoms with Gasteiger partial charge in [0.1, 0.15) is 0 Å². The van der Waals surface area contributed by atoms with Crippen LogP contribution >= 0.6 is 12.4 Å². The number of carbonyl (C=O) groups is 1. The standard InChI is InChI=1S/C19H20N2O3.ClH/c20-9-14-10-21(11-16(14)13-5-2-1-3-6-13)19(22)15-7-4-8-17-18(15)24-12-23-17;/h1-8,14,16H,9-12,20H2;1H/t14-,16+;/m1./s1. The number of nitrogens with two attached hydrogens (primary N) is 1. The van der Waals surface area contributed by atoms with Crippen molar-refractivity contribution in [1.29, 1.82) is 0 Å². The van der Waals surface area contributed by atoms with E-state index in [9.17, 15) is 4.79 Å². The molecule has 0 spiro atoms. The van der Waals surface area contributed by atoms with Gasteiger partial charge in [-0.25, -0.2) is 0 Å². The fourth-order valence-corrected chi connectivity index (χ4v) is 3.62. The van der Waals surface area contributed by atoms with Gasteiger partial charge < -0.3 is 20.1 Å². The van der Waals surface area contributed by atoms with Gasteiger partial charge in [0.25, 0.3) is 5.91 Å². The molecule has 2 aromatic rings. The van der Waals surface area contributed by atoms with Crippen molar-refractivity contribution >= 4 is 18.3 Å². The number of hydrogen-bond donors (Lipinski definition) is 1. The summed E-state index contributed by atoms with van der Waals surface area (Å²) in [6.45, 7) is 2.07. The molecule has 2 aliphatic heterocycles. The van der Waals surface area contributed by atoms with Crippen LogP contribution in [-0.2, 0) is 0 Å². The van der Waals surface area contributed by atoms with E-state index < -0.39 is 0 Å². The molecule has 2 heterocycles. The summed E-state index contributed by atoms with van der Waals surface area (Å²) in [5.74, 6) is 1.71. The maximum Gasteiger partial charge on any atom is 0.257 e. The lowest BCUT2D eigenvalue weighted by Gasteiger charge is -2.17. The first-order valence-electron chi connectivity index (χ1n) is 8.21. The Hall–Kier alpha value is -2.24. The van der Waals surface area contributed by atoms with Gasteiger partial charge >= 0.3 is 0 Å². The molecular formula is C19H21ClN2O3. The molecule has 2 N–H and O–H groups in total. The van der Waals surface area contributed by atoms with Gasteiger partial charge in [0, 0.05) is 19.0 Å². The van der Waals surface area contributed by atoms with Crippen LogP contribution in [0.4, 0.5) is 0 Å². The molecule has 132 valence electrons. The second kappa shape index (κ2) is 7.33. The smallest absolute Gasteiger partial charge is 0.257 e. The number of rotatable bonds is 3. The molecular weight excluding hydrogens is 340 g/mol. The minimum absolute atomic E-state index is 0. The molecule has 0 aliphatic carbocycles. The average molecular weight is 361 g/mol. The number of amides is 1. The van der Waals surface area contributed by atoms with Crippen molar-refractivity contribution in [2.45, 2.75) is 5.92 Å². The van der Waals surface area contributed by atoms with E-state index in [1.54, 1.807) is 6.07 Å². The molecule has 2 aliphatic rings. The first kappa shape index (κ1) is 17.6. The average Bonchev–Trinajstić information content (AvgIpc) is 3.28. The molecule has 1 amide bonds. The molecule has 1 fully saturated rings. The number of benzene rings is 2. The third-order valence-corrected chi connectivity index (χ3v) is 4.89. The van der Waals surface area contributed by atoms with Crippen molar-refractivity contribution in [2.75, 3.05) is 26.4 Å². The maximum absolute atomic E-state index is 13.0. The van der Waals surface area contributed by atoms with E-state index in [0.717, 1.165) is 0 Å². The zero-order chi connectivity index (χ0) is 16.5. The fraction of sp³-hybridized carbons (Fsp3) is 0.316. The molecule has 1 saturated heterocycles. The van der Waals surface area contributed by atoms with Crippen LogP contribution in [0.1, 0.15) is 21.8 Å². The van der Waals surface area contributed by atoms with Crippen molar-refractivity contribution in [3.05, 3.63) is 59.7 Å². The minimum Gasteiger partial charge on any atom is -0.454 e. The van der Waals surface area contributed by atoms with Crippen LogP contribution in [-0.4, -0.2) is 37.2 Å². The highest BCUT2D eigenvalue weighted by molar-refractivity contribution is 5.98. The van der Waals surface area contributed by atoms with Gasteiger partial charge in [-0.15, -0.1) is 12.4 Å². The lowest BCUT2D eigenvalue weighted by molar-refractivity contribution is 0.0781. The van der Waals surface area contributed by atoms with Crippen LogP contribution in [0.25, 0.3) is 0 Å². The molecule has 2 aromatic carbocycles. The van der Waals surface area contributed by atoms with E-state index in [1.807, 2.05) is 35.2 Å². The minimum atomic E-state index is -0.0192. The van der Waals surface area contributed by atoms with Gasteiger partial charge in [-0.2, -0.15) is 0 Å². The van der Waals surface area contributed by atoms with Gasteiger partial charge in [-0.05, 0) is 30.2 Å². The van der Waals surface area contributed by atoms with Crippen molar-refractivity contribution < 1.29 is 14.3 Å². The zero-order valence-corrected chi connectivity index (χ0v) is 14.6. The van der Waals surface area contributed by atoms with Crippen LogP contribution in [0.5, 0.6) is 11.5 Å². The highest BCUT2D eigenvalue weighted by atomic mass is 35.5. The van der Waals surface area contributed by atoms with Crippen LogP contribution < -0.4 is 15.2 Å². The number of ether oxygens (including phenoxy) is 2. The second-order valence-corrected chi connectivity index (χ2v) is 6.26. The topological polar surface area (TPSA) is 64.8 Å². The number of nitrogens with zero attached hydrogens (tertiary/aromatic N) is 1. The fourth-order valence-electron chi connectivity index (χ4n) is 3.62. The van der Waals surface area contributed by atoms with Crippen molar-refractivity contribution in [3.63, 3.8) is 0 Å². The summed E-state index contributed by atoms with van der Waals surface area (Å²) in [5.41, 5.74) is 7.77. The van der Waals surface area contributed by atoms with E-state index in [1.165, 1.54) is 5.56 Å². The quantitative estimate of drug-likeness (QED) is 0.913. The Morgan fingerprint density at radius 1 is 1.08 bits per heavy atom. The number of para-hydroxylation sites is 1. The van der Waals surface area contributed by atoms with Crippen LogP contribution in [0.3, 0.4) is 0 Å². The summed E-state index contributed by atoms with van der Waals surface area (Å²) < 4.78 is 10.9. The van der Waals surface area contributed by atoms with Crippen molar-refractivity contribution in [2.24, 2.45) is 11.7 Å². The molecule has 6 heteroatoms. The predicted molar refractivity (Wildman–Crippen MR) is 97.4 cm³/mol. The van der Waals surface area contributed by atoms with Crippen LogP contribution in [0, 0.1) is 5.92 Å². The van der Waals surface area contributed by atoms with Crippen molar-refractivity contribution in [3.8, 4) is 11.5 Å². The normalized spacial score (nSPS) is 21.1. The summed E-state index contributed by atoms with van der Waals surface area (Å²) in [6, 6.07) is 15.7. The molecule has 0 saturated carbocycles. The molecule has 4 rings (SSSR count). The van der Waals surface area contributed by atoms with E-state index >= 15 is 0 Å². The lowest BCUT2D eigenvalue weighted by atomic mass is 9.89. The van der Waals surface area contributed by atoms with Gasteiger partial charge in [-0.3, -0.25) is 4.79 Å².